The lowest BCUT2D eigenvalue weighted by Gasteiger charge is -2.32. The largest absolute Gasteiger partial charge is 0.573 e. The maximum Gasteiger partial charge on any atom is 0.573 e. The van der Waals surface area contributed by atoms with E-state index in [0.717, 1.165) is 18.2 Å². The average Bonchev–Trinajstić information content (AvgIpc) is 2.75. The Morgan fingerprint density at radius 2 is 2.14 bits per heavy atom. The minimum Gasteiger partial charge on any atom is -0.405 e. The van der Waals surface area contributed by atoms with Crippen LogP contribution < -0.4 is 10.1 Å². The molecule has 2 aliphatic rings. The van der Waals surface area contributed by atoms with Gasteiger partial charge in [0.2, 0.25) is 5.91 Å². The van der Waals surface area contributed by atoms with Crippen molar-refractivity contribution in [1.82, 2.24) is 10.2 Å². The smallest absolute Gasteiger partial charge is 0.405 e. The van der Waals surface area contributed by atoms with Crippen molar-refractivity contribution >= 4 is 5.91 Å². The normalized spacial score (nSPS) is 25.7. The molecule has 2 saturated heterocycles. The maximum atomic E-state index is 14.1. The zero-order valence-corrected chi connectivity index (χ0v) is 11.2. The predicted molar refractivity (Wildman–Crippen MR) is 65.3 cm³/mol. The number of fused-ring (bicyclic) bond motifs is 1. The number of morpholine rings is 1. The Bertz CT molecular complexity index is 593. The van der Waals surface area contributed by atoms with Gasteiger partial charge in [0.15, 0.2) is 0 Å². The summed E-state index contributed by atoms with van der Waals surface area (Å²) in [7, 11) is 0. The van der Waals surface area contributed by atoms with Crippen LogP contribution in [0.1, 0.15) is 11.7 Å². The molecule has 22 heavy (non-hydrogen) atoms. The standard InChI is InChI=1S/C13H12F4N2O3/c14-7-2-1-3-9(22-13(15,16)17)10(7)11-18-12(20)8-6-21-5-4-19(8)11/h1-3,8,11H,4-6H2,(H,18,20)/t8-,11+/m1/s1. The molecule has 0 aliphatic carbocycles. The number of benzene rings is 1. The minimum absolute atomic E-state index is 0.117. The molecular formula is C13H12F4N2O3. The number of hydrogen-bond acceptors (Lipinski definition) is 4. The Kier molecular flexibility index (Phi) is 3.69. The van der Waals surface area contributed by atoms with E-state index < -0.39 is 36.0 Å². The highest BCUT2D eigenvalue weighted by Crippen LogP contribution is 2.37. The number of ether oxygens (including phenoxy) is 2. The maximum absolute atomic E-state index is 14.1. The molecule has 0 unspecified atom stereocenters. The molecule has 9 heteroatoms. The number of rotatable bonds is 2. The first-order chi connectivity index (χ1) is 10.4. The van der Waals surface area contributed by atoms with Crippen molar-refractivity contribution < 1.29 is 31.8 Å². The van der Waals surface area contributed by atoms with Gasteiger partial charge in [0.25, 0.3) is 0 Å². The summed E-state index contributed by atoms with van der Waals surface area (Å²) in [6.45, 7) is 0.728. The summed E-state index contributed by atoms with van der Waals surface area (Å²) in [5.74, 6) is -1.95. The summed E-state index contributed by atoms with van der Waals surface area (Å²) < 4.78 is 60.6. The molecule has 2 atom stereocenters. The Morgan fingerprint density at radius 1 is 1.36 bits per heavy atom. The summed E-state index contributed by atoms with van der Waals surface area (Å²) >= 11 is 0. The second-order valence-electron chi connectivity index (χ2n) is 4.94. The van der Waals surface area contributed by atoms with Gasteiger partial charge in [-0.1, -0.05) is 6.07 Å². The first-order valence-corrected chi connectivity index (χ1v) is 6.55. The van der Waals surface area contributed by atoms with Crippen LogP contribution in [-0.2, 0) is 9.53 Å². The zero-order valence-electron chi connectivity index (χ0n) is 11.2. The number of nitrogens with one attached hydrogen (secondary N) is 1. The molecule has 1 N–H and O–H groups in total. The van der Waals surface area contributed by atoms with Gasteiger partial charge >= 0.3 is 6.36 Å². The van der Waals surface area contributed by atoms with Gasteiger partial charge in [-0.2, -0.15) is 0 Å². The third-order valence-corrected chi connectivity index (χ3v) is 3.60. The number of halogens is 4. The number of carbonyl (C=O) groups is 1. The molecule has 2 fully saturated rings. The van der Waals surface area contributed by atoms with Crippen molar-refractivity contribution in [3.63, 3.8) is 0 Å². The van der Waals surface area contributed by atoms with Crippen LogP contribution in [0.25, 0.3) is 0 Å². The minimum atomic E-state index is -4.95. The molecule has 1 amide bonds. The van der Waals surface area contributed by atoms with E-state index in [1.54, 1.807) is 4.90 Å². The van der Waals surface area contributed by atoms with Gasteiger partial charge in [-0.3, -0.25) is 9.69 Å². The fourth-order valence-electron chi connectivity index (χ4n) is 2.70. The summed E-state index contributed by atoms with van der Waals surface area (Å²) in [6, 6.07) is 2.52. The highest BCUT2D eigenvalue weighted by atomic mass is 19.4. The molecule has 0 spiro atoms. The average molecular weight is 320 g/mol. The van der Waals surface area contributed by atoms with E-state index in [-0.39, 0.29) is 12.2 Å². The predicted octanol–water partition coefficient (Wildman–Crippen LogP) is 1.55. The fourth-order valence-corrected chi connectivity index (χ4v) is 2.70. The van der Waals surface area contributed by atoms with E-state index >= 15 is 0 Å². The van der Waals surface area contributed by atoms with Crippen LogP contribution in [-0.4, -0.2) is 43.0 Å². The molecule has 0 bridgehead atoms. The topological polar surface area (TPSA) is 50.8 Å². The Balaban J connectivity index is 1.99. The number of carbonyl (C=O) groups excluding carboxylic acids is 1. The SMILES string of the molecule is O=C1N[C@H](c2c(F)cccc2OC(F)(F)F)N2CCOC[C@H]12. The van der Waals surface area contributed by atoms with Crippen molar-refractivity contribution in [3.05, 3.63) is 29.6 Å². The Morgan fingerprint density at radius 3 is 2.86 bits per heavy atom. The van der Waals surface area contributed by atoms with E-state index in [1.807, 2.05) is 0 Å². The van der Waals surface area contributed by atoms with Gasteiger partial charge < -0.3 is 14.8 Å². The summed E-state index contributed by atoms with van der Waals surface area (Å²) in [5.41, 5.74) is -0.336. The third-order valence-electron chi connectivity index (χ3n) is 3.60. The van der Waals surface area contributed by atoms with Gasteiger partial charge in [0.1, 0.15) is 23.8 Å². The molecule has 0 saturated carbocycles. The molecule has 1 aromatic carbocycles. The second kappa shape index (κ2) is 5.40. The highest BCUT2D eigenvalue weighted by molar-refractivity contribution is 5.84. The van der Waals surface area contributed by atoms with Gasteiger partial charge in [-0.25, -0.2) is 4.39 Å². The molecule has 2 aliphatic heterocycles. The molecule has 5 nitrogen and oxygen atoms in total. The van der Waals surface area contributed by atoms with Crippen molar-refractivity contribution in [2.24, 2.45) is 0 Å². The van der Waals surface area contributed by atoms with E-state index in [0.29, 0.717) is 13.2 Å². The van der Waals surface area contributed by atoms with Crippen LogP contribution in [0.5, 0.6) is 5.75 Å². The van der Waals surface area contributed by atoms with Gasteiger partial charge in [0, 0.05) is 6.54 Å². The third kappa shape index (κ3) is 2.73. The van der Waals surface area contributed by atoms with Crippen LogP contribution in [0.4, 0.5) is 17.6 Å². The summed E-state index contributed by atoms with van der Waals surface area (Å²) in [6.07, 6.45) is -5.96. The van der Waals surface area contributed by atoms with Crippen molar-refractivity contribution in [2.75, 3.05) is 19.8 Å². The number of hydrogen-bond donors (Lipinski definition) is 1. The molecule has 3 rings (SSSR count). The molecular weight excluding hydrogens is 308 g/mol. The Labute approximate surface area is 122 Å². The number of amides is 1. The van der Waals surface area contributed by atoms with Gasteiger partial charge in [-0.15, -0.1) is 13.2 Å². The zero-order chi connectivity index (χ0) is 15.9. The summed E-state index contributed by atoms with van der Waals surface area (Å²) in [4.78, 5) is 13.5. The van der Waals surface area contributed by atoms with Crippen molar-refractivity contribution in [1.29, 1.82) is 0 Å². The lowest BCUT2D eigenvalue weighted by atomic mass is 10.1. The van der Waals surface area contributed by atoms with E-state index in [4.69, 9.17) is 4.74 Å². The van der Waals surface area contributed by atoms with Gasteiger partial charge in [0.05, 0.1) is 18.8 Å². The van der Waals surface area contributed by atoms with Crippen LogP contribution in [0.2, 0.25) is 0 Å². The molecule has 0 aromatic heterocycles. The van der Waals surface area contributed by atoms with Crippen LogP contribution in [0.15, 0.2) is 18.2 Å². The lowest BCUT2D eigenvalue weighted by Crippen LogP contribution is -2.44. The number of nitrogens with zero attached hydrogens (tertiary/aromatic N) is 1. The molecule has 2 heterocycles. The fraction of sp³-hybridized carbons (Fsp3) is 0.462. The van der Waals surface area contributed by atoms with E-state index in [2.05, 4.69) is 10.1 Å². The van der Waals surface area contributed by atoms with Crippen LogP contribution >= 0.6 is 0 Å². The lowest BCUT2D eigenvalue weighted by molar-refractivity contribution is -0.275. The quantitative estimate of drug-likeness (QED) is 0.840. The molecule has 120 valence electrons. The first-order valence-electron chi connectivity index (χ1n) is 6.55. The number of alkyl halides is 3. The van der Waals surface area contributed by atoms with E-state index in [9.17, 15) is 22.4 Å². The second-order valence-corrected chi connectivity index (χ2v) is 4.94. The highest BCUT2D eigenvalue weighted by Gasteiger charge is 2.45. The van der Waals surface area contributed by atoms with Gasteiger partial charge in [-0.05, 0) is 12.1 Å². The Hall–Kier alpha value is -1.87. The van der Waals surface area contributed by atoms with Crippen LogP contribution in [0.3, 0.4) is 0 Å². The van der Waals surface area contributed by atoms with Crippen molar-refractivity contribution in [3.8, 4) is 5.75 Å². The van der Waals surface area contributed by atoms with Crippen molar-refractivity contribution in [2.45, 2.75) is 18.6 Å². The summed E-state index contributed by atoms with van der Waals surface area (Å²) in [5, 5.41) is 2.50. The van der Waals surface area contributed by atoms with Crippen LogP contribution in [0, 0.1) is 5.82 Å². The molecule has 1 aromatic rings. The molecule has 0 radical (unpaired) electrons. The first kappa shape index (κ1) is 15.0. The monoisotopic (exact) mass is 320 g/mol. The van der Waals surface area contributed by atoms with E-state index in [1.165, 1.54) is 0 Å².